The molecule has 1 aliphatic heterocycles. The molecule has 82 valence electrons. The molecule has 0 atom stereocenters. The lowest BCUT2D eigenvalue weighted by Crippen LogP contribution is -2.31. The quantitative estimate of drug-likeness (QED) is 0.726. The first-order chi connectivity index (χ1) is 8.43. The number of benzene rings is 2. The second-order valence-electron chi connectivity index (χ2n) is 3.84. The normalized spacial score (nSPS) is 13.9. The van der Waals surface area contributed by atoms with Gasteiger partial charge in [0.25, 0.3) is 0 Å². The van der Waals surface area contributed by atoms with E-state index in [0.29, 0.717) is 0 Å². The highest BCUT2D eigenvalue weighted by molar-refractivity contribution is 6.63. The molecule has 1 aliphatic rings. The lowest BCUT2D eigenvalue weighted by Gasteiger charge is -2.07. The number of hydrogen-bond acceptors (Lipinski definition) is 2. The smallest absolute Gasteiger partial charge is 0.525 e. The molecular formula is C14H11BO2. The molecule has 0 aliphatic carbocycles. The van der Waals surface area contributed by atoms with Crippen molar-refractivity contribution in [2.45, 2.75) is 0 Å². The monoisotopic (exact) mass is 222 g/mol. The van der Waals surface area contributed by atoms with Crippen LogP contribution in [-0.4, -0.2) is 7.12 Å². The lowest BCUT2D eigenvalue weighted by atomic mass is 9.79. The lowest BCUT2D eigenvalue weighted by molar-refractivity contribution is 0.433. The minimum atomic E-state index is -0.327. The molecule has 0 fully saturated rings. The second-order valence-corrected chi connectivity index (χ2v) is 3.84. The standard InChI is InChI=1S/C14H11BO2/c1-3-7-12(8-4-1)14-11-16-15(17-14)13-9-5-2-6-10-13/h1-11H. The van der Waals surface area contributed by atoms with Crippen molar-refractivity contribution >= 4 is 18.3 Å². The van der Waals surface area contributed by atoms with Crippen molar-refractivity contribution in [2.75, 3.05) is 0 Å². The maximum absolute atomic E-state index is 5.77. The topological polar surface area (TPSA) is 18.5 Å². The molecule has 2 nitrogen and oxygen atoms in total. The molecule has 0 aromatic heterocycles. The predicted molar refractivity (Wildman–Crippen MR) is 68.4 cm³/mol. The Morgan fingerprint density at radius 1 is 0.765 bits per heavy atom. The van der Waals surface area contributed by atoms with Crippen LogP contribution in [0.1, 0.15) is 5.56 Å². The van der Waals surface area contributed by atoms with Gasteiger partial charge in [0.1, 0.15) is 12.0 Å². The van der Waals surface area contributed by atoms with Crippen molar-refractivity contribution in [3.05, 3.63) is 72.5 Å². The van der Waals surface area contributed by atoms with Gasteiger partial charge in [-0.25, -0.2) is 0 Å². The summed E-state index contributed by atoms with van der Waals surface area (Å²) in [4.78, 5) is 0. The molecule has 0 spiro atoms. The van der Waals surface area contributed by atoms with Gasteiger partial charge < -0.3 is 9.31 Å². The highest BCUT2D eigenvalue weighted by Crippen LogP contribution is 2.22. The van der Waals surface area contributed by atoms with Crippen LogP contribution in [0.15, 0.2) is 66.9 Å². The fourth-order valence-corrected chi connectivity index (χ4v) is 1.79. The maximum atomic E-state index is 5.77. The molecule has 0 saturated carbocycles. The van der Waals surface area contributed by atoms with Crippen molar-refractivity contribution in [1.82, 2.24) is 0 Å². The van der Waals surface area contributed by atoms with E-state index >= 15 is 0 Å². The molecule has 0 N–H and O–H groups in total. The molecule has 0 amide bonds. The van der Waals surface area contributed by atoms with Crippen LogP contribution in [0.2, 0.25) is 0 Å². The summed E-state index contributed by atoms with van der Waals surface area (Å²) >= 11 is 0. The van der Waals surface area contributed by atoms with E-state index in [9.17, 15) is 0 Å². The molecule has 3 rings (SSSR count). The van der Waals surface area contributed by atoms with E-state index in [0.717, 1.165) is 16.8 Å². The van der Waals surface area contributed by atoms with Crippen LogP contribution in [0.5, 0.6) is 0 Å². The third-order valence-corrected chi connectivity index (χ3v) is 2.66. The first-order valence-electron chi connectivity index (χ1n) is 5.56. The van der Waals surface area contributed by atoms with Crippen LogP contribution in [0.25, 0.3) is 5.76 Å². The van der Waals surface area contributed by atoms with E-state index in [2.05, 4.69) is 0 Å². The zero-order valence-electron chi connectivity index (χ0n) is 9.24. The van der Waals surface area contributed by atoms with Crippen molar-refractivity contribution in [3.8, 4) is 0 Å². The molecule has 0 saturated heterocycles. The molecule has 3 heteroatoms. The van der Waals surface area contributed by atoms with E-state index in [1.165, 1.54) is 0 Å². The van der Waals surface area contributed by atoms with Gasteiger partial charge in [0.15, 0.2) is 0 Å². The summed E-state index contributed by atoms with van der Waals surface area (Å²) in [6, 6.07) is 19.9. The van der Waals surface area contributed by atoms with Gasteiger partial charge in [-0.2, -0.15) is 0 Å². The van der Waals surface area contributed by atoms with Gasteiger partial charge in [-0.3, -0.25) is 0 Å². The highest BCUT2D eigenvalue weighted by Gasteiger charge is 2.30. The molecule has 0 unspecified atom stereocenters. The summed E-state index contributed by atoms with van der Waals surface area (Å²) < 4.78 is 11.3. The Morgan fingerprint density at radius 3 is 2.12 bits per heavy atom. The number of rotatable bonds is 2. The summed E-state index contributed by atoms with van der Waals surface area (Å²) in [6.07, 6.45) is 1.67. The summed E-state index contributed by atoms with van der Waals surface area (Å²) in [7, 11) is -0.327. The van der Waals surface area contributed by atoms with Crippen molar-refractivity contribution in [2.24, 2.45) is 0 Å². The minimum absolute atomic E-state index is 0.327. The van der Waals surface area contributed by atoms with Gasteiger partial charge in [0.2, 0.25) is 0 Å². The molecule has 2 aromatic rings. The van der Waals surface area contributed by atoms with Crippen LogP contribution in [0.3, 0.4) is 0 Å². The fourth-order valence-electron chi connectivity index (χ4n) is 1.79. The van der Waals surface area contributed by atoms with Crippen LogP contribution in [0.4, 0.5) is 0 Å². The first kappa shape index (κ1) is 10.0. The van der Waals surface area contributed by atoms with Crippen LogP contribution < -0.4 is 5.46 Å². The molecule has 1 heterocycles. The molecule has 0 radical (unpaired) electrons. The van der Waals surface area contributed by atoms with Gasteiger partial charge in [0.05, 0.1) is 0 Å². The Morgan fingerprint density at radius 2 is 1.41 bits per heavy atom. The predicted octanol–water partition coefficient (Wildman–Crippen LogP) is 2.43. The van der Waals surface area contributed by atoms with E-state index < -0.39 is 0 Å². The average Bonchev–Trinajstić information content (AvgIpc) is 2.90. The van der Waals surface area contributed by atoms with Crippen molar-refractivity contribution in [3.63, 3.8) is 0 Å². The van der Waals surface area contributed by atoms with Gasteiger partial charge in [0, 0.05) is 11.0 Å². The fraction of sp³-hybridized carbons (Fsp3) is 0. The second kappa shape index (κ2) is 4.38. The van der Waals surface area contributed by atoms with Crippen molar-refractivity contribution < 1.29 is 9.31 Å². The Hall–Kier alpha value is -2.16. The minimum Gasteiger partial charge on any atom is -0.525 e. The van der Waals surface area contributed by atoms with Crippen LogP contribution in [0, 0.1) is 0 Å². The largest absolute Gasteiger partial charge is 0.632 e. The molecule has 0 bridgehead atoms. The summed E-state index contributed by atoms with van der Waals surface area (Å²) in [5.74, 6) is 0.777. The van der Waals surface area contributed by atoms with Gasteiger partial charge >= 0.3 is 7.12 Å². The Kier molecular flexibility index (Phi) is 2.58. The molecular weight excluding hydrogens is 211 g/mol. The Labute approximate surface area is 101 Å². The number of hydrogen-bond donors (Lipinski definition) is 0. The summed E-state index contributed by atoms with van der Waals surface area (Å²) in [6.45, 7) is 0. The summed E-state index contributed by atoms with van der Waals surface area (Å²) in [5.41, 5.74) is 2.06. The Balaban J connectivity index is 1.78. The Bertz CT molecular complexity index is 522. The first-order valence-corrected chi connectivity index (χ1v) is 5.56. The van der Waals surface area contributed by atoms with Gasteiger partial charge in [-0.1, -0.05) is 60.7 Å². The third kappa shape index (κ3) is 2.04. The van der Waals surface area contributed by atoms with E-state index in [4.69, 9.17) is 9.31 Å². The van der Waals surface area contributed by atoms with Crippen LogP contribution >= 0.6 is 0 Å². The van der Waals surface area contributed by atoms with E-state index in [1.807, 2.05) is 60.7 Å². The zero-order valence-corrected chi connectivity index (χ0v) is 9.24. The van der Waals surface area contributed by atoms with Crippen LogP contribution in [-0.2, 0) is 9.31 Å². The molecule has 17 heavy (non-hydrogen) atoms. The van der Waals surface area contributed by atoms with E-state index in [-0.39, 0.29) is 7.12 Å². The third-order valence-electron chi connectivity index (χ3n) is 2.66. The average molecular weight is 222 g/mol. The molecule has 2 aromatic carbocycles. The van der Waals surface area contributed by atoms with Gasteiger partial charge in [-0.15, -0.1) is 0 Å². The summed E-state index contributed by atoms with van der Waals surface area (Å²) in [5, 5.41) is 0. The zero-order chi connectivity index (χ0) is 11.5. The van der Waals surface area contributed by atoms with E-state index in [1.54, 1.807) is 6.26 Å². The maximum Gasteiger partial charge on any atom is 0.632 e. The van der Waals surface area contributed by atoms with Crippen molar-refractivity contribution in [1.29, 1.82) is 0 Å². The highest BCUT2D eigenvalue weighted by atomic mass is 16.6. The van der Waals surface area contributed by atoms with Gasteiger partial charge in [-0.05, 0) is 0 Å². The SMILES string of the molecule is C1=C(c2ccccc2)OB(c2ccccc2)O1.